The first-order valence-corrected chi connectivity index (χ1v) is 7.77. The molecule has 0 aliphatic rings. The lowest BCUT2D eigenvalue weighted by Gasteiger charge is -2.19. The van der Waals surface area contributed by atoms with Crippen LogP contribution in [0.5, 0.6) is 0 Å². The third kappa shape index (κ3) is 3.38. The van der Waals surface area contributed by atoms with E-state index in [4.69, 9.17) is 11.6 Å². The number of likely N-dealkylation sites (N-methyl/N-ethyl adjacent to an activating group) is 1. The second-order valence-electron chi connectivity index (χ2n) is 4.67. The van der Waals surface area contributed by atoms with Crippen molar-refractivity contribution in [3.05, 3.63) is 63.1 Å². The van der Waals surface area contributed by atoms with Gasteiger partial charge in [0.05, 0.1) is 10.7 Å². The van der Waals surface area contributed by atoms with Crippen LogP contribution in [0.3, 0.4) is 0 Å². The van der Waals surface area contributed by atoms with Gasteiger partial charge < -0.3 is 10.6 Å². The molecule has 0 atom stereocenters. The minimum atomic E-state index is -0.231. The SMILES string of the molecule is CN(C(=O)C[NH3+])c1ccc(Br)cc1C(=O)c1ccccc1Cl. The number of amides is 1. The number of hydrogen-bond donors (Lipinski definition) is 1. The maximum atomic E-state index is 12.8. The molecule has 1 amide bonds. The van der Waals surface area contributed by atoms with Crippen LogP contribution in [0.25, 0.3) is 0 Å². The first-order chi connectivity index (χ1) is 10.5. The van der Waals surface area contributed by atoms with E-state index in [0.29, 0.717) is 21.8 Å². The average Bonchev–Trinajstić information content (AvgIpc) is 2.53. The standard InChI is InChI=1S/C16H14BrClN2O2/c1-20(15(21)9-19)14-7-6-10(17)8-12(14)16(22)11-4-2-3-5-13(11)18/h2-8H,9,19H2,1H3/p+1. The summed E-state index contributed by atoms with van der Waals surface area (Å²) in [6.45, 7) is 0.117. The predicted molar refractivity (Wildman–Crippen MR) is 90.2 cm³/mol. The van der Waals surface area contributed by atoms with Crippen LogP contribution in [0, 0.1) is 0 Å². The highest BCUT2D eigenvalue weighted by Gasteiger charge is 2.21. The Morgan fingerprint density at radius 1 is 1.18 bits per heavy atom. The van der Waals surface area contributed by atoms with E-state index in [1.807, 2.05) is 0 Å². The average molecular weight is 383 g/mol. The summed E-state index contributed by atoms with van der Waals surface area (Å²) in [5.74, 6) is -0.402. The molecule has 114 valence electrons. The lowest BCUT2D eigenvalue weighted by molar-refractivity contribution is -0.354. The van der Waals surface area contributed by atoms with Gasteiger partial charge in [-0.05, 0) is 30.3 Å². The van der Waals surface area contributed by atoms with Crippen LogP contribution in [-0.2, 0) is 4.79 Å². The highest BCUT2D eigenvalue weighted by Crippen LogP contribution is 2.28. The second kappa shape index (κ2) is 7.05. The number of carbonyl (C=O) groups excluding carboxylic acids is 2. The maximum absolute atomic E-state index is 12.8. The van der Waals surface area contributed by atoms with Gasteiger partial charge in [0.2, 0.25) is 0 Å². The highest BCUT2D eigenvalue weighted by atomic mass is 79.9. The van der Waals surface area contributed by atoms with Gasteiger partial charge in [0.1, 0.15) is 0 Å². The van der Waals surface area contributed by atoms with Gasteiger partial charge in [-0.3, -0.25) is 9.59 Å². The Labute approximate surface area is 142 Å². The normalized spacial score (nSPS) is 10.4. The number of rotatable bonds is 4. The van der Waals surface area contributed by atoms with Gasteiger partial charge in [-0.25, -0.2) is 0 Å². The maximum Gasteiger partial charge on any atom is 0.281 e. The largest absolute Gasteiger partial charge is 0.350 e. The van der Waals surface area contributed by atoms with E-state index >= 15 is 0 Å². The van der Waals surface area contributed by atoms with Crippen LogP contribution in [0.1, 0.15) is 15.9 Å². The summed E-state index contributed by atoms with van der Waals surface area (Å²) in [6.07, 6.45) is 0. The molecule has 4 nitrogen and oxygen atoms in total. The zero-order valence-electron chi connectivity index (χ0n) is 12.0. The first kappa shape index (κ1) is 16.7. The van der Waals surface area contributed by atoms with Crippen molar-refractivity contribution in [2.75, 3.05) is 18.5 Å². The van der Waals surface area contributed by atoms with Crippen LogP contribution >= 0.6 is 27.5 Å². The molecular weight excluding hydrogens is 368 g/mol. The van der Waals surface area contributed by atoms with Crippen molar-refractivity contribution in [1.82, 2.24) is 0 Å². The third-order valence-corrected chi connectivity index (χ3v) is 4.09. The summed E-state index contributed by atoms with van der Waals surface area (Å²) < 4.78 is 0.752. The van der Waals surface area contributed by atoms with E-state index in [1.165, 1.54) is 4.90 Å². The zero-order chi connectivity index (χ0) is 16.3. The Balaban J connectivity index is 2.55. The van der Waals surface area contributed by atoms with Crippen molar-refractivity contribution in [2.24, 2.45) is 0 Å². The van der Waals surface area contributed by atoms with Gasteiger partial charge in [-0.1, -0.05) is 39.7 Å². The van der Waals surface area contributed by atoms with Crippen LogP contribution in [0.4, 0.5) is 5.69 Å². The van der Waals surface area contributed by atoms with Gasteiger partial charge in [-0.2, -0.15) is 0 Å². The monoisotopic (exact) mass is 381 g/mol. The fourth-order valence-electron chi connectivity index (χ4n) is 2.08. The molecule has 0 radical (unpaired) electrons. The zero-order valence-corrected chi connectivity index (χ0v) is 14.3. The second-order valence-corrected chi connectivity index (χ2v) is 6.00. The topological polar surface area (TPSA) is 65.0 Å². The molecule has 2 aromatic carbocycles. The van der Waals surface area contributed by atoms with E-state index in [0.717, 1.165) is 4.47 Å². The molecule has 0 unspecified atom stereocenters. The van der Waals surface area contributed by atoms with Crippen molar-refractivity contribution in [1.29, 1.82) is 0 Å². The number of carbonyl (C=O) groups is 2. The molecule has 0 bridgehead atoms. The fourth-order valence-corrected chi connectivity index (χ4v) is 2.66. The van der Waals surface area contributed by atoms with Gasteiger partial charge in [-0.15, -0.1) is 0 Å². The van der Waals surface area contributed by atoms with Gasteiger partial charge >= 0.3 is 0 Å². The highest BCUT2D eigenvalue weighted by molar-refractivity contribution is 9.10. The summed E-state index contributed by atoms with van der Waals surface area (Å²) in [6, 6.07) is 12.0. The molecular formula is C16H15BrClN2O2+. The quantitative estimate of drug-likeness (QED) is 0.826. The Kier molecular flexibility index (Phi) is 5.34. The molecule has 0 saturated carbocycles. The van der Waals surface area contributed by atoms with Crippen molar-refractivity contribution >= 4 is 44.9 Å². The summed E-state index contributed by atoms with van der Waals surface area (Å²) in [5, 5.41) is 0.379. The lowest BCUT2D eigenvalue weighted by atomic mass is 10.0. The smallest absolute Gasteiger partial charge is 0.281 e. The van der Waals surface area contributed by atoms with Gasteiger partial charge in [0.15, 0.2) is 12.3 Å². The van der Waals surface area contributed by atoms with Gasteiger partial charge in [0, 0.05) is 22.6 Å². The molecule has 0 aromatic heterocycles. The number of quaternary nitrogens is 1. The first-order valence-electron chi connectivity index (χ1n) is 6.60. The molecule has 22 heavy (non-hydrogen) atoms. The number of benzene rings is 2. The minimum Gasteiger partial charge on any atom is -0.350 e. The number of hydrogen-bond acceptors (Lipinski definition) is 2. The molecule has 0 saturated heterocycles. The fraction of sp³-hybridized carbons (Fsp3) is 0.125. The summed E-state index contributed by atoms with van der Waals surface area (Å²) in [7, 11) is 1.63. The predicted octanol–water partition coefficient (Wildman–Crippen LogP) is 2.54. The molecule has 6 heteroatoms. The Bertz CT molecular complexity index is 734. The van der Waals surface area contributed by atoms with Crippen molar-refractivity contribution in [3.63, 3.8) is 0 Å². The van der Waals surface area contributed by atoms with Gasteiger partial charge in [0.25, 0.3) is 5.91 Å². The number of ketones is 1. The summed E-state index contributed by atoms with van der Waals surface area (Å²) in [5.41, 5.74) is 4.93. The Hall–Kier alpha value is -1.69. The molecule has 2 rings (SSSR count). The van der Waals surface area contributed by atoms with Crippen molar-refractivity contribution in [2.45, 2.75) is 0 Å². The molecule has 0 aliphatic heterocycles. The van der Waals surface area contributed by atoms with E-state index in [1.54, 1.807) is 49.5 Å². The van der Waals surface area contributed by atoms with Crippen molar-refractivity contribution < 1.29 is 15.3 Å². The Morgan fingerprint density at radius 2 is 1.86 bits per heavy atom. The van der Waals surface area contributed by atoms with E-state index < -0.39 is 0 Å². The number of anilines is 1. The molecule has 0 fully saturated rings. The number of nitrogens with zero attached hydrogens (tertiary/aromatic N) is 1. The van der Waals surface area contributed by atoms with Crippen LogP contribution in [-0.4, -0.2) is 25.3 Å². The molecule has 2 aromatic rings. The third-order valence-electron chi connectivity index (χ3n) is 3.27. The van der Waals surface area contributed by atoms with E-state index in [2.05, 4.69) is 21.7 Å². The van der Waals surface area contributed by atoms with E-state index in [-0.39, 0.29) is 18.2 Å². The Morgan fingerprint density at radius 3 is 2.50 bits per heavy atom. The van der Waals surface area contributed by atoms with Crippen LogP contribution in [0.2, 0.25) is 5.02 Å². The number of halogens is 2. The summed E-state index contributed by atoms with van der Waals surface area (Å²) >= 11 is 9.47. The van der Waals surface area contributed by atoms with Crippen LogP contribution < -0.4 is 10.6 Å². The molecule has 0 spiro atoms. The minimum absolute atomic E-state index is 0.117. The van der Waals surface area contributed by atoms with Crippen LogP contribution in [0.15, 0.2) is 46.9 Å². The van der Waals surface area contributed by atoms with Crippen molar-refractivity contribution in [3.8, 4) is 0 Å². The van der Waals surface area contributed by atoms with E-state index in [9.17, 15) is 9.59 Å². The lowest BCUT2D eigenvalue weighted by Crippen LogP contribution is -2.57. The summed E-state index contributed by atoms with van der Waals surface area (Å²) in [4.78, 5) is 26.1. The molecule has 0 heterocycles. The molecule has 0 aliphatic carbocycles. The molecule has 3 N–H and O–H groups in total.